The van der Waals surface area contributed by atoms with E-state index in [0.29, 0.717) is 11.2 Å². The van der Waals surface area contributed by atoms with Gasteiger partial charge in [0.15, 0.2) is 22.7 Å². The highest BCUT2D eigenvalue weighted by atomic mass is 35.5. The normalized spacial score (nSPS) is 28.5. The van der Waals surface area contributed by atoms with E-state index in [1.54, 1.807) is 6.07 Å². The van der Waals surface area contributed by atoms with Crippen LogP contribution in [0.4, 0.5) is 5.69 Å². The molecule has 0 spiro atoms. The van der Waals surface area contributed by atoms with Crippen LogP contribution in [-0.2, 0) is 14.0 Å². The Morgan fingerprint density at radius 3 is 2.67 bits per heavy atom. The van der Waals surface area contributed by atoms with E-state index in [9.17, 15) is 29.7 Å². The number of ether oxygens (including phenoxy) is 2. The molecule has 2 aromatic heterocycles. The predicted molar refractivity (Wildman–Crippen MR) is 116 cm³/mol. The zero-order chi connectivity index (χ0) is 24.0. The molecule has 5 atom stereocenters. The smallest absolute Gasteiger partial charge is 0.359 e. The van der Waals surface area contributed by atoms with Crippen molar-refractivity contribution in [3.8, 4) is 0 Å². The van der Waals surface area contributed by atoms with Gasteiger partial charge in [0.05, 0.1) is 18.9 Å². The first kappa shape index (κ1) is 24.7. The Hall–Kier alpha value is -1.41. The molecule has 0 amide bonds. The van der Waals surface area contributed by atoms with Crippen molar-refractivity contribution in [3.05, 3.63) is 11.2 Å². The molecule has 1 saturated heterocycles. The molecule has 3 heterocycles. The second-order valence-electron chi connectivity index (χ2n) is 8.56. The summed E-state index contributed by atoms with van der Waals surface area (Å²) in [6.45, 7) is -0.427. The van der Waals surface area contributed by atoms with Crippen LogP contribution >= 0.6 is 19.2 Å². The monoisotopic (exact) mass is 507 g/mol. The summed E-state index contributed by atoms with van der Waals surface area (Å²) in [5, 5.41) is 40.0. The fraction of sp³-hybridized carbons (Fsp3) is 0.722. The Kier molecular flexibility index (Phi) is 6.98. The summed E-state index contributed by atoms with van der Waals surface area (Å²) in [5.74, 6) is 0. The Labute approximate surface area is 193 Å². The van der Waals surface area contributed by atoms with E-state index in [2.05, 4.69) is 20.6 Å². The van der Waals surface area contributed by atoms with Crippen LogP contribution in [0.5, 0.6) is 0 Å². The molecular formula is C18H27ClN5O8P. The molecule has 1 unspecified atom stereocenters. The minimum Gasteiger partial charge on any atom is -0.393 e. The van der Waals surface area contributed by atoms with Gasteiger partial charge in [0.1, 0.15) is 23.5 Å². The van der Waals surface area contributed by atoms with Crippen molar-refractivity contribution in [2.24, 2.45) is 0 Å². The number of anilines is 1. The van der Waals surface area contributed by atoms with Crippen LogP contribution in [0.3, 0.4) is 0 Å². The van der Waals surface area contributed by atoms with Crippen molar-refractivity contribution < 1.29 is 39.1 Å². The summed E-state index contributed by atoms with van der Waals surface area (Å²) in [6, 6.07) is 1.93. The lowest BCUT2D eigenvalue weighted by atomic mass is 10.1. The first-order valence-corrected chi connectivity index (χ1v) is 12.5. The fourth-order valence-electron chi connectivity index (χ4n) is 4.01. The van der Waals surface area contributed by atoms with Gasteiger partial charge in [-0.05, 0) is 19.8 Å². The van der Waals surface area contributed by atoms with Gasteiger partial charge in [0.2, 0.25) is 0 Å². The molecule has 0 radical (unpaired) electrons. The largest absolute Gasteiger partial charge is 0.393 e. The summed E-state index contributed by atoms with van der Waals surface area (Å²) < 4.78 is 23.7. The highest BCUT2D eigenvalue weighted by molar-refractivity contribution is 7.53. The van der Waals surface area contributed by atoms with Crippen molar-refractivity contribution in [2.45, 2.75) is 68.5 Å². The van der Waals surface area contributed by atoms with Gasteiger partial charge in [-0.3, -0.25) is 4.57 Å². The molecular weight excluding hydrogens is 481 g/mol. The Morgan fingerprint density at radius 2 is 2.03 bits per heavy atom. The fourth-order valence-corrected chi connectivity index (χ4v) is 4.63. The number of pyridine rings is 1. The summed E-state index contributed by atoms with van der Waals surface area (Å²) in [6.07, 6.45) is -1.00. The average Bonchev–Trinajstić information content (AvgIpc) is 3.47. The lowest BCUT2D eigenvalue weighted by Crippen LogP contribution is -2.39. The van der Waals surface area contributed by atoms with Gasteiger partial charge in [-0.1, -0.05) is 29.7 Å². The Morgan fingerprint density at radius 1 is 1.33 bits per heavy atom. The molecule has 1 aliphatic carbocycles. The molecule has 33 heavy (non-hydrogen) atoms. The highest BCUT2D eigenvalue weighted by Crippen LogP contribution is 2.51. The molecule has 1 saturated carbocycles. The van der Waals surface area contributed by atoms with Gasteiger partial charge >= 0.3 is 7.60 Å². The number of halogens is 1. The minimum absolute atomic E-state index is 0.180. The minimum atomic E-state index is -4.83. The molecule has 184 valence electrons. The Balaban J connectivity index is 1.56. The molecule has 2 fully saturated rings. The molecule has 0 aromatic carbocycles. The number of hydrogen-bond donors (Lipinski definition) is 6. The quantitative estimate of drug-likeness (QED) is 0.212. The van der Waals surface area contributed by atoms with E-state index >= 15 is 0 Å². The van der Waals surface area contributed by atoms with E-state index in [-0.39, 0.29) is 16.8 Å². The Bertz CT molecular complexity index is 1050. The number of aliphatic hydroxyl groups excluding tert-OH is 3. The zero-order valence-electron chi connectivity index (χ0n) is 17.8. The number of rotatable bonds is 8. The van der Waals surface area contributed by atoms with E-state index < -0.39 is 50.7 Å². The third-order valence-corrected chi connectivity index (χ3v) is 7.86. The van der Waals surface area contributed by atoms with Crippen LogP contribution in [0, 0.1) is 0 Å². The summed E-state index contributed by atoms with van der Waals surface area (Å²) >= 11 is 6.21. The number of nitrogens with one attached hydrogen (secondary N) is 1. The van der Waals surface area contributed by atoms with Crippen molar-refractivity contribution in [2.75, 3.05) is 18.5 Å². The maximum absolute atomic E-state index is 11.6. The highest BCUT2D eigenvalue weighted by Gasteiger charge is 2.49. The molecule has 6 N–H and O–H groups in total. The SMILES string of the molecule is CC(CO)(OC[C@H]1O[C@@H](n2nnc3c(NC4CCCC4)cc(Cl)nc32)[C@H](O)[C@@H]1O)P(=O)(O)O. The van der Waals surface area contributed by atoms with Crippen LogP contribution in [0.2, 0.25) is 5.15 Å². The van der Waals surface area contributed by atoms with Crippen molar-refractivity contribution in [1.29, 1.82) is 0 Å². The van der Waals surface area contributed by atoms with Crippen molar-refractivity contribution >= 4 is 36.0 Å². The van der Waals surface area contributed by atoms with Gasteiger partial charge < -0.3 is 39.9 Å². The first-order chi connectivity index (χ1) is 15.5. The van der Waals surface area contributed by atoms with Crippen LogP contribution in [-0.4, -0.2) is 88.0 Å². The van der Waals surface area contributed by atoms with Crippen molar-refractivity contribution in [1.82, 2.24) is 20.0 Å². The molecule has 13 nitrogen and oxygen atoms in total. The maximum Gasteiger partial charge on any atom is 0.359 e. The second-order valence-corrected chi connectivity index (χ2v) is 11.0. The predicted octanol–water partition coefficient (Wildman–Crippen LogP) is 0.356. The first-order valence-electron chi connectivity index (χ1n) is 10.5. The summed E-state index contributed by atoms with van der Waals surface area (Å²) in [4.78, 5) is 23.1. The third kappa shape index (κ3) is 4.75. The molecule has 4 rings (SSSR count). The second kappa shape index (κ2) is 9.33. The molecule has 2 aromatic rings. The zero-order valence-corrected chi connectivity index (χ0v) is 19.4. The maximum atomic E-state index is 11.6. The molecule has 0 bridgehead atoms. The van der Waals surface area contributed by atoms with Gasteiger partial charge in [-0.25, -0.2) is 4.98 Å². The van der Waals surface area contributed by atoms with Gasteiger partial charge in [0.25, 0.3) is 0 Å². The van der Waals surface area contributed by atoms with Gasteiger partial charge in [-0.15, -0.1) is 5.10 Å². The van der Waals surface area contributed by atoms with Gasteiger partial charge in [0, 0.05) is 12.1 Å². The average molecular weight is 508 g/mol. The topological polar surface area (TPSA) is 192 Å². The lowest BCUT2D eigenvalue weighted by molar-refractivity contribution is -0.104. The number of hydrogen-bond acceptors (Lipinski definition) is 10. The van der Waals surface area contributed by atoms with Crippen LogP contribution < -0.4 is 5.32 Å². The number of aromatic nitrogens is 4. The van der Waals surface area contributed by atoms with Crippen molar-refractivity contribution in [3.63, 3.8) is 0 Å². The van der Waals surface area contributed by atoms with E-state index in [4.69, 9.17) is 21.1 Å². The number of aliphatic hydroxyl groups is 3. The van der Waals surface area contributed by atoms with E-state index in [0.717, 1.165) is 32.6 Å². The van der Waals surface area contributed by atoms with E-state index in [1.165, 1.54) is 4.68 Å². The van der Waals surface area contributed by atoms with Crippen LogP contribution in [0.25, 0.3) is 11.2 Å². The lowest BCUT2D eigenvalue weighted by Gasteiger charge is -2.29. The molecule has 15 heteroatoms. The summed E-state index contributed by atoms with van der Waals surface area (Å²) in [5.41, 5.74) is 1.30. The summed E-state index contributed by atoms with van der Waals surface area (Å²) in [7, 11) is -4.83. The molecule has 1 aliphatic heterocycles. The van der Waals surface area contributed by atoms with Crippen LogP contribution in [0.15, 0.2) is 6.07 Å². The van der Waals surface area contributed by atoms with Gasteiger partial charge in [-0.2, -0.15) is 4.68 Å². The standard InChI is InChI=1S/C18H27ClN5O8P/c1-18(8-25,33(28,29)30)31-7-11-14(26)15(27)17(32-11)24-16-13(22-23-24)10(6-12(19)21-16)20-9-4-2-3-5-9/h6,9,11,14-15,17,25-27H,2-5,7-8H2,1H3,(H,20,21)(H2,28,29,30)/t11-,14-,15-,17-,18?/m1/s1. The third-order valence-electron chi connectivity index (χ3n) is 6.16. The molecule has 2 aliphatic rings. The number of nitrogens with zero attached hydrogens (tertiary/aromatic N) is 4. The van der Waals surface area contributed by atoms with E-state index in [1.807, 2.05) is 0 Å². The number of fused-ring (bicyclic) bond motifs is 1. The van der Waals surface area contributed by atoms with Crippen LogP contribution in [0.1, 0.15) is 38.8 Å².